The van der Waals surface area contributed by atoms with E-state index in [1.165, 1.54) is 36.9 Å². The fraction of sp³-hybridized carbons (Fsp3) is 0.727. The van der Waals surface area contributed by atoms with Gasteiger partial charge in [0.15, 0.2) is 0 Å². The average molecular weight is 395 g/mol. The van der Waals surface area contributed by atoms with Crippen molar-refractivity contribution in [3.8, 4) is 0 Å². The molecule has 2 aromatic heterocycles. The van der Waals surface area contributed by atoms with E-state index in [0.29, 0.717) is 18.4 Å². The van der Waals surface area contributed by atoms with Crippen LogP contribution in [0, 0.1) is 17.3 Å². The van der Waals surface area contributed by atoms with Gasteiger partial charge in [0, 0.05) is 5.69 Å². The second-order valence-corrected chi connectivity index (χ2v) is 10.2. The van der Waals surface area contributed by atoms with Gasteiger partial charge in [-0.25, -0.2) is 9.67 Å². The lowest BCUT2D eigenvalue weighted by atomic mass is 9.46. The molecule has 2 N–H and O–H groups in total. The summed E-state index contributed by atoms with van der Waals surface area (Å²) in [7, 11) is 0. The second kappa shape index (κ2) is 6.41. The van der Waals surface area contributed by atoms with Gasteiger partial charge in [-0.15, -0.1) is 0 Å². The number of nitrogens with zero attached hydrogens (tertiary/aromatic N) is 4. The molecule has 4 atom stereocenters. The Morgan fingerprint density at radius 2 is 2.00 bits per heavy atom. The summed E-state index contributed by atoms with van der Waals surface area (Å²) >= 11 is 0. The third-order valence-corrected chi connectivity index (χ3v) is 8.23. The number of hydrogen-bond donors (Lipinski definition) is 2. The van der Waals surface area contributed by atoms with Crippen LogP contribution >= 0.6 is 0 Å². The van der Waals surface area contributed by atoms with Crippen LogP contribution in [0.4, 0.5) is 0 Å². The average Bonchev–Trinajstić information content (AvgIpc) is 3.31. The number of aromatic nitrogens is 5. The van der Waals surface area contributed by atoms with Gasteiger partial charge in [0.05, 0.1) is 23.2 Å². The van der Waals surface area contributed by atoms with Crippen LogP contribution < -0.4 is 5.32 Å². The van der Waals surface area contributed by atoms with Crippen LogP contribution in [0.5, 0.6) is 0 Å². The molecule has 5 aliphatic rings. The lowest BCUT2D eigenvalue weighted by molar-refractivity contribution is -0.156. The normalized spacial score (nSPS) is 35.3. The Morgan fingerprint density at radius 1 is 1.17 bits per heavy atom. The SMILES string of the molecule is O=C(NCc1n[nH]c2c1CCCCC2)C12C[C@H]3C[C@@H](C1)CC(n1cncn1)(C3)C2. The minimum Gasteiger partial charge on any atom is -0.350 e. The largest absolute Gasteiger partial charge is 0.350 e. The smallest absolute Gasteiger partial charge is 0.226 e. The Balaban J connectivity index is 1.23. The number of carbonyl (C=O) groups is 1. The van der Waals surface area contributed by atoms with E-state index >= 15 is 0 Å². The number of fused-ring (bicyclic) bond motifs is 1. The molecule has 29 heavy (non-hydrogen) atoms. The van der Waals surface area contributed by atoms with Crippen molar-refractivity contribution in [2.45, 2.75) is 82.7 Å². The van der Waals surface area contributed by atoms with Gasteiger partial charge in [-0.05, 0) is 81.6 Å². The molecule has 0 saturated heterocycles. The van der Waals surface area contributed by atoms with Gasteiger partial charge in [-0.1, -0.05) is 6.42 Å². The topological polar surface area (TPSA) is 88.5 Å². The van der Waals surface area contributed by atoms with Crippen LogP contribution in [0.3, 0.4) is 0 Å². The van der Waals surface area contributed by atoms with Crippen molar-refractivity contribution in [2.24, 2.45) is 17.3 Å². The van der Waals surface area contributed by atoms with Crippen LogP contribution in [-0.2, 0) is 29.7 Å². The highest BCUT2D eigenvalue weighted by Gasteiger charge is 2.61. The highest BCUT2D eigenvalue weighted by atomic mass is 16.2. The first kappa shape index (κ1) is 17.7. The van der Waals surface area contributed by atoms with Crippen molar-refractivity contribution in [3.05, 3.63) is 29.6 Å². The number of aryl methyl sites for hydroxylation is 1. The third-order valence-electron chi connectivity index (χ3n) is 8.23. The molecule has 0 spiro atoms. The predicted octanol–water partition coefficient (Wildman–Crippen LogP) is 2.88. The molecule has 5 aliphatic carbocycles. The van der Waals surface area contributed by atoms with E-state index in [1.54, 1.807) is 6.33 Å². The van der Waals surface area contributed by atoms with E-state index in [4.69, 9.17) is 0 Å². The lowest BCUT2D eigenvalue weighted by Crippen LogP contribution is -2.61. The first-order chi connectivity index (χ1) is 14.2. The van der Waals surface area contributed by atoms with E-state index in [0.717, 1.165) is 50.6 Å². The molecule has 2 heterocycles. The molecule has 0 aromatic carbocycles. The van der Waals surface area contributed by atoms with Gasteiger partial charge in [0.2, 0.25) is 5.91 Å². The molecule has 1 amide bonds. The maximum Gasteiger partial charge on any atom is 0.226 e. The first-order valence-electron chi connectivity index (χ1n) is 11.3. The Bertz CT molecular complexity index is 902. The molecule has 0 aliphatic heterocycles. The number of H-pyrrole nitrogens is 1. The van der Waals surface area contributed by atoms with Gasteiger partial charge in [0.25, 0.3) is 0 Å². The molecule has 7 heteroatoms. The Labute approximate surface area is 171 Å². The fourth-order valence-electron chi connectivity index (χ4n) is 7.43. The molecule has 4 saturated carbocycles. The standard InChI is InChI=1S/C22H30N6O/c29-20(24-11-19-17-4-2-1-3-5-18(17)26-27-19)21-7-15-6-16(8-21)10-22(9-15,12-21)28-14-23-13-25-28/h13-16H,1-12H2,(H,24,29)(H,26,27)/t15-,16+,21?,22?. The molecular formula is C22H30N6O. The summed E-state index contributed by atoms with van der Waals surface area (Å²) < 4.78 is 2.07. The molecule has 7 rings (SSSR count). The van der Waals surface area contributed by atoms with E-state index in [-0.39, 0.29) is 16.9 Å². The molecule has 154 valence electrons. The zero-order valence-corrected chi connectivity index (χ0v) is 17.0. The number of rotatable bonds is 4. The van der Waals surface area contributed by atoms with Gasteiger partial charge in [-0.2, -0.15) is 10.2 Å². The van der Waals surface area contributed by atoms with E-state index in [2.05, 4.69) is 30.3 Å². The lowest BCUT2D eigenvalue weighted by Gasteiger charge is -2.60. The van der Waals surface area contributed by atoms with E-state index in [9.17, 15) is 4.79 Å². The summed E-state index contributed by atoms with van der Waals surface area (Å²) in [4.78, 5) is 17.8. The molecule has 4 fully saturated rings. The first-order valence-corrected chi connectivity index (χ1v) is 11.3. The second-order valence-electron chi connectivity index (χ2n) is 10.2. The zero-order valence-electron chi connectivity index (χ0n) is 17.0. The van der Waals surface area contributed by atoms with Crippen molar-refractivity contribution < 1.29 is 4.79 Å². The quantitative estimate of drug-likeness (QED) is 0.781. The maximum atomic E-state index is 13.5. The summed E-state index contributed by atoms with van der Waals surface area (Å²) in [6.45, 7) is 0.554. The van der Waals surface area contributed by atoms with Crippen molar-refractivity contribution in [1.29, 1.82) is 0 Å². The van der Waals surface area contributed by atoms with Crippen molar-refractivity contribution in [3.63, 3.8) is 0 Å². The van der Waals surface area contributed by atoms with Crippen LogP contribution in [-0.4, -0.2) is 30.9 Å². The summed E-state index contributed by atoms with van der Waals surface area (Å²) in [6, 6.07) is 0. The fourth-order valence-corrected chi connectivity index (χ4v) is 7.43. The van der Waals surface area contributed by atoms with Crippen molar-refractivity contribution in [1.82, 2.24) is 30.3 Å². The molecule has 2 unspecified atom stereocenters. The number of carbonyl (C=O) groups excluding carboxylic acids is 1. The summed E-state index contributed by atoms with van der Waals surface area (Å²) in [5.74, 6) is 1.50. The van der Waals surface area contributed by atoms with Crippen LogP contribution in [0.15, 0.2) is 12.7 Å². The molecule has 2 aromatic rings. The number of amides is 1. The van der Waals surface area contributed by atoms with E-state index < -0.39 is 0 Å². The molecular weight excluding hydrogens is 364 g/mol. The molecule has 0 radical (unpaired) electrons. The van der Waals surface area contributed by atoms with Crippen molar-refractivity contribution in [2.75, 3.05) is 0 Å². The van der Waals surface area contributed by atoms with Gasteiger partial charge in [-0.3, -0.25) is 9.89 Å². The van der Waals surface area contributed by atoms with E-state index in [1.807, 2.05) is 6.33 Å². The van der Waals surface area contributed by atoms with Crippen LogP contribution in [0.1, 0.15) is 74.7 Å². The third kappa shape index (κ3) is 2.76. The molecule has 4 bridgehead atoms. The monoisotopic (exact) mass is 394 g/mol. The van der Waals surface area contributed by atoms with Gasteiger partial charge >= 0.3 is 0 Å². The summed E-state index contributed by atoms with van der Waals surface area (Å²) in [6.07, 6.45) is 15.9. The highest BCUT2D eigenvalue weighted by Crippen LogP contribution is 2.64. The Hall–Kier alpha value is -2.18. The van der Waals surface area contributed by atoms with Gasteiger partial charge < -0.3 is 5.32 Å². The maximum absolute atomic E-state index is 13.5. The zero-order chi connectivity index (χ0) is 19.5. The number of aromatic amines is 1. The molecule has 7 nitrogen and oxygen atoms in total. The van der Waals surface area contributed by atoms with Gasteiger partial charge in [0.1, 0.15) is 12.7 Å². The minimum absolute atomic E-state index is 0.0126. The Morgan fingerprint density at radius 3 is 2.79 bits per heavy atom. The number of hydrogen-bond acceptors (Lipinski definition) is 4. The van der Waals surface area contributed by atoms with Crippen molar-refractivity contribution >= 4 is 5.91 Å². The summed E-state index contributed by atoms with van der Waals surface area (Å²) in [5.41, 5.74) is 3.43. The minimum atomic E-state index is -0.247. The Kier molecular flexibility index (Phi) is 3.90. The predicted molar refractivity (Wildman–Crippen MR) is 107 cm³/mol. The highest BCUT2D eigenvalue weighted by molar-refractivity contribution is 5.83. The summed E-state index contributed by atoms with van der Waals surface area (Å²) in [5, 5.41) is 15.6. The van der Waals surface area contributed by atoms with Crippen LogP contribution in [0.2, 0.25) is 0 Å². The van der Waals surface area contributed by atoms with Crippen LogP contribution in [0.25, 0.3) is 0 Å². The number of nitrogens with one attached hydrogen (secondary N) is 2.